The molecule has 1 saturated heterocycles. The summed E-state index contributed by atoms with van der Waals surface area (Å²) in [5.74, 6) is -0.544. The van der Waals surface area contributed by atoms with Gasteiger partial charge in [0.1, 0.15) is 10.7 Å². The molecule has 0 bridgehead atoms. The van der Waals surface area contributed by atoms with E-state index < -0.39 is 5.91 Å². The average Bonchev–Trinajstić information content (AvgIpc) is 3.65. The van der Waals surface area contributed by atoms with Gasteiger partial charge < -0.3 is 10.1 Å². The highest BCUT2D eigenvalue weighted by atomic mass is 35.5. The zero-order chi connectivity index (χ0) is 32.9. The number of aryl methyl sites for hydroxylation is 2. The van der Waals surface area contributed by atoms with E-state index in [-0.39, 0.29) is 15.8 Å². The number of carbonyl (C=O) groups is 1. The van der Waals surface area contributed by atoms with Crippen molar-refractivity contribution in [1.82, 2.24) is 24.6 Å². The van der Waals surface area contributed by atoms with Crippen LogP contribution in [0.15, 0.2) is 83.8 Å². The van der Waals surface area contributed by atoms with Crippen molar-refractivity contribution in [3.05, 3.63) is 120 Å². The van der Waals surface area contributed by atoms with Crippen molar-refractivity contribution >= 4 is 40.5 Å². The lowest BCUT2D eigenvalue weighted by atomic mass is 10.1. The summed E-state index contributed by atoms with van der Waals surface area (Å²) in [4.78, 5) is 29.9. The fraction of sp³-hybridized carbons (Fsp3) is 0.222. The van der Waals surface area contributed by atoms with Gasteiger partial charge in [-0.25, -0.2) is 4.68 Å². The number of nitrogens with zero attached hydrogens (tertiary/aromatic N) is 5. The zero-order valence-electron chi connectivity index (χ0n) is 26.1. The summed E-state index contributed by atoms with van der Waals surface area (Å²) < 4.78 is 9.14. The number of para-hydroxylation sites is 1. The Labute approximate surface area is 281 Å². The molecular weight excluding hydrogens is 632 g/mol. The molecule has 2 aromatic heterocycles. The van der Waals surface area contributed by atoms with E-state index in [1.165, 1.54) is 4.57 Å². The first-order valence-electron chi connectivity index (χ1n) is 15.3. The molecule has 1 fully saturated rings. The molecule has 6 rings (SSSR count). The van der Waals surface area contributed by atoms with Gasteiger partial charge in [0.25, 0.3) is 11.5 Å². The van der Waals surface area contributed by atoms with Gasteiger partial charge >= 0.3 is 0 Å². The van der Waals surface area contributed by atoms with E-state index in [1.54, 1.807) is 22.9 Å². The van der Waals surface area contributed by atoms with Crippen molar-refractivity contribution in [1.29, 1.82) is 5.26 Å². The Morgan fingerprint density at radius 3 is 2.51 bits per heavy atom. The SMILES string of the molecule is Cc1ccc(-c2nn(-c3ccccc3)cc2C=c2sc(=C(C#N)C(=O)NCCN3CCOCC3)n(-c3ccc(C)c(Cl)c3)c2=O)cc1. The van der Waals surface area contributed by atoms with Crippen molar-refractivity contribution in [3.8, 4) is 28.7 Å². The van der Waals surface area contributed by atoms with Gasteiger partial charge in [-0.2, -0.15) is 10.4 Å². The lowest BCUT2D eigenvalue weighted by molar-refractivity contribution is -0.115. The van der Waals surface area contributed by atoms with Crippen LogP contribution < -0.4 is 20.1 Å². The van der Waals surface area contributed by atoms with E-state index in [1.807, 2.05) is 80.7 Å². The van der Waals surface area contributed by atoms with Gasteiger partial charge in [0.05, 0.1) is 34.8 Å². The molecule has 1 N–H and O–H groups in total. The van der Waals surface area contributed by atoms with Crippen molar-refractivity contribution in [2.24, 2.45) is 0 Å². The molecule has 0 unspecified atom stereocenters. The molecule has 0 saturated carbocycles. The molecule has 1 aliphatic rings. The second-order valence-corrected chi connectivity index (χ2v) is 12.7. The summed E-state index contributed by atoms with van der Waals surface area (Å²) in [6.07, 6.45) is 3.65. The van der Waals surface area contributed by atoms with Crippen LogP contribution in [0.25, 0.3) is 34.3 Å². The molecule has 0 spiro atoms. The average molecular weight is 665 g/mol. The van der Waals surface area contributed by atoms with Gasteiger partial charge in [-0.3, -0.25) is 19.1 Å². The summed E-state index contributed by atoms with van der Waals surface area (Å²) in [5.41, 5.74) is 5.06. The first kappa shape index (κ1) is 32.2. The number of carbonyl (C=O) groups excluding carboxylic acids is 1. The van der Waals surface area contributed by atoms with E-state index in [0.717, 1.165) is 46.8 Å². The van der Waals surface area contributed by atoms with Crippen molar-refractivity contribution in [2.45, 2.75) is 13.8 Å². The number of aromatic nitrogens is 3. The molecular formula is C36H33ClN6O3S. The third-order valence-corrected chi connectivity index (χ3v) is 9.48. The minimum absolute atomic E-state index is 0.149. The molecule has 0 radical (unpaired) electrons. The van der Waals surface area contributed by atoms with E-state index in [4.69, 9.17) is 21.4 Å². The zero-order valence-corrected chi connectivity index (χ0v) is 27.6. The summed E-state index contributed by atoms with van der Waals surface area (Å²) in [5, 5.41) is 18.5. The fourth-order valence-electron chi connectivity index (χ4n) is 5.32. The van der Waals surface area contributed by atoms with E-state index in [0.29, 0.717) is 52.8 Å². The highest BCUT2D eigenvalue weighted by molar-refractivity contribution is 7.07. The summed E-state index contributed by atoms with van der Waals surface area (Å²) in [6, 6.07) is 25.1. The Bertz CT molecular complexity index is 2140. The topological polar surface area (TPSA) is 105 Å². The lowest BCUT2D eigenvalue weighted by Gasteiger charge is -2.26. The second-order valence-electron chi connectivity index (χ2n) is 11.3. The first-order valence-corrected chi connectivity index (χ1v) is 16.5. The number of halogens is 1. The maximum Gasteiger partial charge on any atom is 0.273 e. The van der Waals surface area contributed by atoms with Gasteiger partial charge in [-0.15, -0.1) is 11.3 Å². The third kappa shape index (κ3) is 7.14. The Hall–Kier alpha value is -4.79. The largest absolute Gasteiger partial charge is 0.379 e. The monoisotopic (exact) mass is 664 g/mol. The van der Waals surface area contributed by atoms with Gasteiger partial charge in [-0.05, 0) is 49.8 Å². The van der Waals surface area contributed by atoms with Crippen LogP contribution in [-0.4, -0.2) is 64.5 Å². The van der Waals surface area contributed by atoms with Gasteiger partial charge in [-0.1, -0.05) is 65.7 Å². The number of morpholine rings is 1. The number of nitrogens with one attached hydrogen (secondary N) is 1. The molecule has 3 aromatic carbocycles. The van der Waals surface area contributed by atoms with Gasteiger partial charge in [0, 0.05) is 48.5 Å². The number of amides is 1. The number of nitriles is 1. The van der Waals surface area contributed by atoms with Crippen LogP contribution in [0.1, 0.15) is 16.7 Å². The summed E-state index contributed by atoms with van der Waals surface area (Å²) >= 11 is 7.58. The minimum Gasteiger partial charge on any atom is -0.379 e. The molecule has 238 valence electrons. The number of rotatable bonds is 8. The Morgan fingerprint density at radius 1 is 1.06 bits per heavy atom. The molecule has 5 aromatic rings. The molecule has 1 amide bonds. The maximum atomic E-state index is 14.2. The van der Waals surface area contributed by atoms with Gasteiger partial charge in [0.15, 0.2) is 5.57 Å². The predicted octanol–water partition coefficient (Wildman–Crippen LogP) is 3.97. The van der Waals surface area contributed by atoms with Crippen LogP contribution >= 0.6 is 22.9 Å². The minimum atomic E-state index is -0.544. The van der Waals surface area contributed by atoms with Crippen LogP contribution in [-0.2, 0) is 9.53 Å². The van der Waals surface area contributed by atoms with Crippen molar-refractivity contribution in [3.63, 3.8) is 0 Å². The molecule has 11 heteroatoms. The van der Waals surface area contributed by atoms with E-state index >= 15 is 0 Å². The highest BCUT2D eigenvalue weighted by Gasteiger charge is 2.19. The Morgan fingerprint density at radius 2 is 1.81 bits per heavy atom. The number of benzene rings is 3. The van der Waals surface area contributed by atoms with E-state index in [9.17, 15) is 14.9 Å². The lowest BCUT2D eigenvalue weighted by Crippen LogP contribution is -2.42. The fourth-order valence-corrected chi connectivity index (χ4v) is 6.59. The normalized spacial score (nSPS) is 14.6. The van der Waals surface area contributed by atoms with Gasteiger partial charge in [0.2, 0.25) is 0 Å². The third-order valence-electron chi connectivity index (χ3n) is 7.98. The number of hydrogen-bond donors (Lipinski definition) is 1. The summed E-state index contributed by atoms with van der Waals surface area (Å²) in [7, 11) is 0. The molecule has 0 atom stereocenters. The smallest absolute Gasteiger partial charge is 0.273 e. The van der Waals surface area contributed by atoms with Crippen LogP contribution in [0, 0.1) is 25.2 Å². The first-order chi connectivity index (χ1) is 22.8. The molecule has 3 heterocycles. The van der Waals surface area contributed by atoms with Crippen LogP contribution in [0.2, 0.25) is 5.02 Å². The maximum absolute atomic E-state index is 14.2. The standard InChI is InChI=1S/C36H33ClN6O3S/c1-24-8-11-26(12-9-24)33-27(23-42(40-33)28-6-4-3-5-7-28)20-32-35(45)43(29-13-10-25(2)31(37)21-29)36(47-32)30(22-38)34(44)39-14-15-41-16-18-46-19-17-41/h3-13,20-21,23H,14-19H2,1-2H3,(H,39,44). The highest BCUT2D eigenvalue weighted by Crippen LogP contribution is 2.25. The summed E-state index contributed by atoms with van der Waals surface area (Å²) in [6.45, 7) is 7.75. The Balaban J connectivity index is 1.50. The molecule has 1 aliphatic heterocycles. The molecule has 0 aliphatic carbocycles. The van der Waals surface area contributed by atoms with E-state index in [2.05, 4.69) is 16.3 Å². The Kier molecular flexibility index (Phi) is 9.80. The second kappa shape index (κ2) is 14.3. The van der Waals surface area contributed by atoms with Crippen LogP contribution in [0.3, 0.4) is 0 Å². The van der Waals surface area contributed by atoms with Crippen LogP contribution in [0.5, 0.6) is 0 Å². The number of ether oxygens (including phenoxy) is 1. The molecule has 9 nitrogen and oxygen atoms in total. The number of hydrogen-bond acceptors (Lipinski definition) is 7. The van der Waals surface area contributed by atoms with Crippen molar-refractivity contribution in [2.75, 3.05) is 39.4 Å². The van der Waals surface area contributed by atoms with Crippen molar-refractivity contribution < 1.29 is 9.53 Å². The predicted molar refractivity (Wildman–Crippen MR) is 186 cm³/mol. The quantitative estimate of drug-likeness (QED) is 0.269. The van der Waals surface area contributed by atoms with Crippen LogP contribution in [0.4, 0.5) is 0 Å². The number of thiazole rings is 1. The molecule has 47 heavy (non-hydrogen) atoms.